The number of methoxy groups -OCH3 is 1. The van der Waals surface area contributed by atoms with E-state index in [1.54, 1.807) is 13.8 Å². The smallest absolute Gasteiger partial charge is 0.295 e. The number of rotatable bonds is 4. The van der Waals surface area contributed by atoms with E-state index in [4.69, 9.17) is 10.5 Å². The third-order valence-corrected chi connectivity index (χ3v) is 5.85. The fraction of sp³-hybridized carbons (Fsp3) is 0.278. The van der Waals surface area contributed by atoms with Crippen LogP contribution in [-0.2, 0) is 16.8 Å². The molecule has 1 aliphatic heterocycles. The largest absolute Gasteiger partial charge is 0.496 e. The van der Waals surface area contributed by atoms with Crippen molar-refractivity contribution in [2.45, 2.75) is 25.8 Å². The van der Waals surface area contributed by atoms with E-state index >= 15 is 0 Å². The molecule has 27 heavy (non-hydrogen) atoms. The quantitative estimate of drug-likeness (QED) is 0.308. The standard InChI is InChI=1S/C18H17FIN3O4/c1-18(2)14-11(7-12(23(25)26)16(21)15(14)20)22(17(18)24)8-9-4-5-10(19)6-13(9)27-3/h4-7H,8,21H2,1-3H3. The number of fused-ring (bicyclic) bond motifs is 1. The molecule has 3 rings (SSSR count). The third-order valence-electron chi connectivity index (χ3n) is 4.73. The molecule has 0 radical (unpaired) electrons. The second-order valence-corrected chi connectivity index (χ2v) is 7.83. The molecule has 0 spiro atoms. The number of ether oxygens (including phenoxy) is 1. The normalized spacial score (nSPS) is 15.0. The van der Waals surface area contributed by atoms with Gasteiger partial charge in [-0.3, -0.25) is 14.9 Å². The summed E-state index contributed by atoms with van der Waals surface area (Å²) < 4.78 is 19.2. The van der Waals surface area contributed by atoms with E-state index in [0.29, 0.717) is 26.1 Å². The second-order valence-electron chi connectivity index (χ2n) is 6.75. The van der Waals surface area contributed by atoms with Crippen molar-refractivity contribution in [1.29, 1.82) is 0 Å². The van der Waals surface area contributed by atoms with Crippen molar-refractivity contribution >= 4 is 45.6 Å². The lowest BCUT2D eigenvalue weighted by Crippen LogP contribution is -2.36. The minimum absolute atomic E-state index is 0.0430. The lowest BCUT2D eigenvalue weighted by Gasteiger charge is -2.21. The van der Waals surface area contributed by atoms with Crippen LogP contribution in [0.3, 0.4) is 0 Å². The van der Waals surface area contributed by atoms with Crippen LogP contribution in [0.2, 0.25) is 0 Å². The van der Waals surface area contributed by atoms with Crippen LogP contribution >= 0.6 is 22.6 Å². The number of carbonyl (C=O) groups excluding carboxylic acids is 1. The summed E-state index contributed by atoms with van der Waals surface area (Å²) in [5.41, 5.74) is 6.51. The Bertz CT molecular complexity index is 978. The summed E-state index contributed by atoms with van der Waals surface area (Å²) in [6, 6.07) is 5.37. The first-order valence-corrected chi connectivity index (χ1v) is 9.08. The van der Waals surface area contributed by atoms with Crippen LogP contribution in [0, 0.1) is 19.5 Å². The average molecular weight is 485 g/mol. The predicted molar refractivity (Wildman–Crippen MR) is 107 cm³/mol. The Morgan fingerprint density at radius 2 is 2.04 bits per heavy atom. The maximum atomic E-state index is 13.5. The SMILES string of the molecule is COc1cc(F)ccc1CN1C(=O)C(C)(C)c2c1cc([N+](=O)[O-])c(N)c2I. The van der Waals surface area contributed by atoms with Crippen LogP contribution in [-0.4, -0.2) is 17.9 Å². The van der Waals surface area contributed by atoms with E-state index in [1.807, 2.05) is 22.6 Å². The van der Waals surface area contributed by atoms with Gasteiger partial charge in [0.1, 0.15) is 17.3 Å². The molecule has 0 aromatic heterocycles. The van der Waals surface area contributed by atoms with Gasteiger partial charge in [-0.15, -0.1) is 0 Å². The zero-order valence-corrected chi connectivity index (χ0v) is 17.0. The molecule has 0 fully saturated rings. The number of hydrogen-bond acceptors (Lipinski definition) is 5. The van der Waals surface area contributed by atoms with Gasteiger partial charge in [-0.25, -0.2) is 4.39 Å². The highest BCUT2D eigenvalue weighted by molar-refractivity contribution is 14.1. The zero-order valence-electron chi connectivity index (χ0n) is 14.9. The highest BCUT2D eigenvalue weighted by Crippen LogP contribution is 2.49. The van der Waals surface area contributed by atoms with Crippen LogP contribution < -0.4 is 15.4 Å². The van der Waals surface area contributed by atoms with Crippen molar-refractivity contribution < 1.29 is 18.8 Å². The Morgan fingerprint density at radius 3 is 2.63 bits per heavy atom. The number of nitrogen functional groups attached to an aromatic ring is 1. The molecule has 1 heterocycles. The van der Waals surface area contributed by atoms with Gasteiger partial charge >= 0.3 is 0 Å². The predicted octanol–water partition coefficient (Wildman–Crippen LogP) is 3.75. The van der Waals surface area contributed by atoms with Crippen LogP contribution in [0.1, 0.15) is 25.0 Å². The van der Waals surface area contributed by atoms with Crippen molar-refractivity contribution in [2.24, 2.45) is 0 Å². The molecule has 1 amide bonds. The molecule has 0 saturated heterocycles. The minimum atomic E-state index is -0.900. The Balaban J connectivity index is 2.18. The van der Waals surface area contributed by atoms with Gasteiger partial charge in [0.2, 0.25) is 5.91 Å². The van der Waals surface area contributed by atoms with E-state index < -0.39 is 16.2 Å². The van der Waals surface area contributed by atoms with Crippen LogP contribution in [0.5, 0.6) is 5.75 Å². The molecular formula is C18H17FIN3O4. The molecule has 1 aliphatic rings. The number of hydrogen-bond donors (Lipinski definition) is 1. The first kappa shape index (κ1) is 19.3. The van der Waals surface area contributed by atoms with Crippen molar-refractivity contribution in [3.63, 3.8) is 0 Å². The summed E-state index contributed by atoms with van der Waals surface area (Å²) in [4.78, 5) is 25.4. The summed E-state index contributed by atoms with van der Waals surface area (Å²) in [5, 5.41) is 11.4. The maximum absolute atomic E-state index is 13.5. The van der Waals surface area contributed by atoms with Gasteiger partial charge < -0.3 is 15.4 Å². The molecular weight excluding hydrogens is 468 g/mol. The second kappa shape index (κ2) is 6.63. The Kier molecular flexibility index (Phi) is 4.74. The van der Waals surface area contributed by atoms with E-state index in [9.17, 15) is 19.3 Å². The van der Waals surface area contributed by atoms with Crippen LogP contribution in [0.4, 0.5) is 21.5 Å². The van der Waals surface area contributed by atoms with Gasteiger partial charge in [0.25, 0.3) is 5.69 Å². The third kappa shape index (κ3) is 2.99. The molecule has 142 valence electrons. The average Bonchev–Trinajstić information content (AvgIpc) is 2.79. The maximum Gasteiger partial charge on any atom is 0.295 e. The highest BCUT2D eigenvalue weighted by atomic mass is 127. The number of benzene rings is 2. The number of nitrogens with two attached hydrogens (primary N) is 1. The fourth-order valence-corrected chi connectivity index (χ4v) is 4.55. The summed E-state index contributed by atoms with van der Waals surface area (Å²) in [5.74, 6) is -0.377. The Labute approximate surface area is 168 Å². The minimum Gasteiger partial charge on any atom is -0.496 e. The Morgan fingerprint density at radius 1 is 1.37 bits per heavy atom. The molecule has 7 nitrogen and oxygen atoms in total. The molecule has 0 bridgehead atoms. The monoisotopic (exact) mass is 485 g/mol. The van der Waals surface area contributed by atoms with Gasteiger partial charge in [0.05, 0.1) is 29.7 Å². The first-order chi connectivity index (χ1) is 12.6. The molecule has 0 aliphatic carbocycles. The summed E-state index contributed by atoms with van der Waals surface area (Å²) in [7, 11) is 1.41. The summed E-state index contributed by atoms with van der Waals surface area (Å²) in [6.07, 6.45) is 0. The van der Waals surface area contributed by atoms with E-state index in [-0.39, 0.29) is 23.8 Å². The topological polar surface area (TPSA) is 98.7 Å². The van der Waals surface area contributed by atoms with E-state index in [0.717, 1.165) is 0 Å². The van der Waals surface area contributed by atoms with Gasteiger partial charge in [-0.2, -0.15) is 0 Å². The van der Waals surface area contributed by atoms with Crippen LogP contribution in [0.15, 0.2) is 24.3 Å². The summed E-state index contributed by atoms with van der Waals surface area (Å²) in [6.45, 7) is 3.60. The van der Waals surface area contributed by atoms with Crippen molar-refractivity contribution in [2.75, 3.05) is 17.7 Å². The number of nitrogens with zero attached hydrogens (tertiary/aromatic N) is 2. The molecule has 9 heteroatoms. The zero-order chi connectivity index (χ0) is 20.1. The molecule has 0 unspecified atom stereocenters. The van der Waals surface area contributed by atoms with Crippen molar-refractivity contribution in [3.05, 3.63) is 54.9 Å². The highest BCUT2D eigenvalue weighted by Gasteiger charge is 2.47. The fourth-order valence-electron chi connectivity index (χ4n) is 3.33. The van der Waals surface area contributed by atoms with Crippen LogP contribution in [0.25, 0.3) is 0 Å². The molecule has 2 aromatic rings. The Hall–Kier alpha value is -2.43. The van der Waals surface area contributed by atoms with Gasteiger partial charge in [-0.05, 0) is 42.5 Å². The van der Waals surface area contributed by atoms with Crippen molar-refractivity contribution in [1.82, 2.24) is 0 Å². The molecule has 0 atom stereocenters. The molecule has 0 saturated carbocycles. The van der Waals surface area contributed by atoms with Gasteiger partial charge in [0.15, 0.2) is 0 Å². The molecule has 2 N–H and O–H groups in total. The van der Waals surface area contributed by atoms with Gasteiger partial charge in [0, 0.05) is 26.8 Å². The lowest BCUT2D eigenvalue weighted by atomic mass is 9.86. The number of amides is 1. The first-order valence-electron chi connectivity index (χ1n) is 8.00. The van der Waals surface area contributed by atoms with E-state index in [2.05, 4.69) is 0 Å². The number of anilines is 2. The number of nitro groups is 1. The molecule has 2 aromatic carbocycles. The van der Waals surface area contributed by atoms with Gasteiger partial charge in [-0.1, -0.05) is 6.07 Å². The number of nitro benzene ring substituents is 1. The van der Waals surface area contributed by atoms with E-state index in [1.165, 1.54) is 36.3 Å². The number of halogens is 2. The lowest BCUT2D eigenvalue weighted by molar-refractivity contribution is -0.383. The number of carbonyl (C=O) groups is 1. The van der Waals surface area contributed by atoms with Crippen molar-refractivity contribution in [3.8, 4) is 5.75 Å². The summed E-state index contributed by atoms with van der Waals surface area (Å²) >= 11 is 1.94.